The minimum Gasteiger partial charge on any atom is -0.368 e. The molecule has 2 heterocycles. The number of carbonyl (C=O) groups excluding carboxylic acids is 4. The summed E-state index contributed by atoms with van der Waals surface area (Å²) in [6.45, 7) is 0.224. The topological polar surface area (TPSA) is 159 Å². The molecule has 4 rings (SSSR count). The van der Waals surface area contributed by atoms with Gasteiger partial charge in [0.05, 0.1) is 12.2 Å². The maximum atomic E-state index is 13.6. The van der Waals surface area contributed by atoms with Gasteiger partial charge in [-0.15, -0.1) is 0 Å². The van der Waals surface area contributed by atoms with E-state index in [2.05, 4.69) is 25.9 Å². The zero-order valence-electron chi connectivity index (χ0n) is 20.6. The summed E-state index contributed by atoms with van der Waals surface area (Å²) in [4.78, 5) is 61.2. The van der Waals surface area contributed by atoms with Crippen molar-refractivity contribution < 1.29 is 19.2 Å². The SMILES string of the molecule is NC(=O)[C@@H](Cc1ccccc1)NC(=O)[C@H]1[C@@H](NC(=O)NC2CCCCC2)CCN1C(=O)c1cnccn1. The maximum absolute atomic E-state index is 13.6. The maximum Gasteiger partial charge on any atom is 0.315 e. The molecule has 1 aromatic heterocycles. The number of urea groups is 1. The molecule has 2 fully saturated rings. The predicted molar refractivity (Wildman–Crippen MR) is 135 cm³/mol. The lowest BCUT2D eigenvalue weighted by Gasteiger charge is -2.30. The van der Waals surface area contributed by atoms with Crippen molar-refractivity contribution in [2.24, 2.45) is 5.73 Å². The lowest BCUT2D eigenvalue weighted by Crippen LogP contribution is -2.59. The standard InChI is InChI=1S/C26H33N7O4/c27-23(34)20(15-17-7-3-1-4-8-17)31-24(35)22-19(32-26(37)30-18-9-5-2-6-10-18)11-14-33(22)25(36)21-16-28-12-13-29-21/h1,3-4,7-8,12-13,16,18-20,22H,2,5-6,9-11,14-15H2,(H2,27,34)(H,31,35)(H2,30,32,37)/t19-,20+,22+/m0/s1. The van der Waals surface area contributed by atoms with Gasteiger partial charge in [-0.1, -0.05) is 49.6 Å². The molecule has 0 unspecified atom stereocenters. The number of carbonyl (C=O) groups is 4. The van der Waals surface area contributed by atoms with Crippen LogP contribution in [0.1, 0.15) is 54.6 Å². The summed E-state index contributed by atoms with van der Waals surface area (Å²) in [5.41, 5.74) is 6.52. The van der Waals surface area contributed by atoms with Crippen LogP contribution in [0.4, 0.5) is 4.79 Å². The van der Waals surface area contributed by atoms with Gasteiger partial charge in [0.1, 0.15) is 17.8 Å². The Kier molecular flexibility index (Phi) is 8.65. The lowest BCUT2D eigenvalue weighted by atomic mass is 9.96. The van der Waals surface area contributed by atoms with Crippen LogP contribution in [-0.2, 0) is 16.0 Å². The van der Waals surface area contributed by atoms with E-state index in [9.17, 15) is 19.2 Å². The van der Waals surface area contributed by atoms with E-state index in [4.69, 9.17) is 5.73 Å². The highest BCUT2D eigenvalue weighted by Crippen LogP contribution is 2.22. The molecule has 5 N–H and O–H groups in total. The van der Waals surface area contributed by atoms with Crippen LogP contribution >= 0.6 is 0 Å². The Bertz CT molecular complexity index is 1090. The van der Waals surface area contributed by atoms with Crippen molar-refractivity contribution in [1.29, 1.82) is 0 Å². The van der Waals surface area contributed by atoms with Crippen LogP contribution in [0.2, 0.25) is 0 Å². The van der Waals surface area contributed by atoms with E-state index in [1.165, 1.54) is 23.5 Å². The molecule has 2 aliphatic rings. The Hall–Kier alpha value is -4.02. The second-order valence-electron chi connectivity index (χ2n) is 9.54. The fraction of sp³-hybridized carbons (Fsp3) is 0.462. The third-order valence-corrected chi connectivity index (χ3v) is 6.91. The molecule has 5 amide bonds. The number of benzene rings is 1. The number of nitrogens with two attached hydrogens (primary N) is 1. The molecule has 1 saturated heterocycles. The summed E-state index contributed by atoms with van der Waals surface area (Å²) < 4.78 is 0. The third-order valence-electron chi connectivity index (χ3n) is 6.91. The molecule has 11 heteroatoms. The molecule has 1 saturated carbocycles. The zero-order chi connectivity index (χ0) is 26.2. The first-order valence-corrected chi connectivity index (χ1v) is 12.7. The van der Waals surface area contributed by atoms with Gasteiger partial charge in [-0.2, -0.15) is 0 Å². The van der Waals surface area contributed by atoms with Crippen molar-refractivity contribution in [3.63, 3.8) is 0 Å². The third kappa shape index (κ3) is 6.81. The van der Waals surface area contributed by atoms with Gasteiger partial charge < -0.3 is 26.6 Å². The van der Waals surface area contributed by atoms with E-state index in [-0.39, 0.29) is 30.7 Å². The molecule has 11 nitrogen and oxygen atoms in total. The van der Waals surface area contributed by atoms with Gasteiger partial charge in [0.15, 0.2) is 0 Å². The fourth-order valence-electron chi connectivity index (χ4n) is 5.02. The molecule has 0 bridgehead atoms. The molecule has 37 heavy (non-hydrogen) atoms. The summed E-state index contributed by atoms with van der Waals surface area (Å²) >= 11 is 0. The van der Waals surface area contributed by atoms with Crippen LogP contribution in [0.25, 0.3) is 0 Å². The molecular weight excluding hydrogens is 474 g/mol. The highest BCUT2D eigenvalue weighted by Gasteiger charge is 2.44. The number of nitrogens with zero attached hydrogens (tertiary/aromatic N) is 3. The first kappa shape index (κ1) is 26.1. The van der Waals surface area contributed by atoms with Crippen molar-refractivity contribution >= 4 is 23.8 Å². The normalized spacial score (nSPS) is 20.6. The Morgan fingerprint density at radius 3 is 2.43 bits per heavy atom. The number of likely N-dealkylation sites (tertiary alicyclic amines) is 1. The van der Waals surface area contributed by atoms with E-state index < -0.39 is 35.8 Å². The summed E-state index contributed by atoms with van der Waals surface area (Å²) in [6, 6.07) is 6.20. The molecule has 1 aromatic carbocycles. The van der Waals surface area contributed by atoms with Gasteiger partial charge in [-0.25, -0.2) is 9.78 Å². The molecule has 3 atom stereocenters. The number of nitrogens with one attached hydrogen (secondary N) is 3. The monoisotopic (exact) mass is 507 g/mol. The molecular formula is C26H33N7O4. The fourth-order valence-corrected chi connectivity index (χ4v) is 5.02. The minimum atomic E-state index is -1.05. The highest BCUT2D eigenvalue weighted by atomic mass is 16.2. The van der Waals surface area contributed by atoms with Crippen LogP contribution in [0.15, 0.2) is 48.9 Å². The molecule has 1 aliphatic carbocycles. The number of hydrogen-bond acceptors (Lipinski definition) is 6. The van der Waals surface area contributed by atoms with Crippen LogP contribution in [0.3, 0.4) is 0 Å². The Morgan fingerprint density at radius 1 is 1.00 bits per heavy atom. The molecule has 2 aromatic rings. The quantitative estimate of drug-likeness (QED) is 0.415. The van der Waals surface area contributed by atoms with Crippen molar-refractivity contribution in [1.82, 2.24) is 30.8 Å². The van der Waals surface area contributed by atoms with Crippen molar-refractivity contribution in [3.8, 4) is 0 Å². The largest absolute Gasteiger partial charge is 0.368 e. The Labute approximate surface area is 215 Å². The second kappa shape index (κ2) is 12.3. The average Bonchev–Trinajstić information content (AvgIpc) is 3.32. The molecule has 0 radical (unpaired) electrons. The summed E-state index contributed by atoms with van der Waals surface area (Å²) in [5.74, 6) is -1.75. The number of amides is 5. The summed E-state index contributed by atoms with van der Waals surface area (Å²) in [7, 11) is 0. The van der Waals surface area contributed by atoms with Gasteiger partial charge in [0.2, 0.25) is 11.8 Å². The van der Waals surface area contributed by atoms with E-state index >= 15 is 0 Å². The number of aromatic nitrogens is 2. The van der Waals surface area contributed by atoms with Gasteiger partial charge >= 0.3 is 6.03 Å². The van der Waals surface area contributed by atoms with E-state index in [0.717, 1.165) is 37.7 Å². The van der Waals surface area contributed by atoms with Gasteiger partial charge in [0.25, 0.3) is 5.91 Å². The van der Waals surface area contributed by atoms with Crippen molar-refractivity contribution in [3.05, 3.63) is 60.2 Å². The molecule has 1 aliphatic heterocycles. The number of hydrogen-bond donors (Lipinski definition) is 4. The average molecular weight is 508 g/mol. The van der Waals surface area contributed by atoms with E-state index in [1.807, 2.05) is 30.3 Å². The minimum absolute atomic E-state index is 0.0864. The van der Waals surface area contributed by atoms with Gasteiger partial charge in [-0.05, 0) is 24.8 Å². The van der Waals surface area contributed by atoms with Crippen LogP contribution < -0.4 is 21.7 Å². The highest BCUT2D eigenvalue weighted by molar-refractivity contribution is 5.98. The molecule has 0 spiro atoms. The van der Waals surface area contributed by atoms with Crippen molar-refractivity contribution in [2.45, 2.75) is 69.1 Å². The smallest absolute Gasteiger partial charge is 0.315 e. The first-order chi connectivity index (χ1) is 17.9. The lowest BCUT2D eigenvalue weighted by molar-refractivity contribution is -0.130. The van der Waals surface area contributed by atoms with Crippen molar-refractivity contribution in [2.75, 3.05) is 6.54 Å². The Morgan fingerprint density at radius 2 is 1.76 bits per heavy atom. The summed E-state index contributed by atoms with van der Waals surface area (Å²) in [6.07, 6.45) is 9.86. The van der Waals surface area contributed by atoms with Gasteiger partial charge in [0, 0.05) is 31.4 Å². The predicted octanol–water partition coefficient (Wildman–Crippen LogP) is 0.904. The summed E-state index contributed by atoms with van der Waals surface area (Å²) in [5, 5.41) is 8.59. The van der Waals surface area contributed by atoms with Gasteiger partial charge in [-0.3, -0.25) is 19.4 Å². The van der Waals surface area contributed by atoms with E-state index in [0.29, 0.717) is 6.42 Å². The Balaban J connectivity index is 1.51. The molecule has 196 valence electrons. The number of primary amides is 1. The zero-order valence-corrected chi connectivity index (χ0v) is 20.6. The van der Waals surface area contributed by atoms with Crippen LogP contribution in [0.5, 0.6) is 0 Å². The van der Waals surface area contributed by atoms with Crippen LogP contribution in [0, 0.1) is 0 Å². The second-order valence-corrected chi connectivity index (χ2v) is 9.54. The first-order valence-electron chi connectivity index (χ1n) is 12.7. The number of rotatable bonds is 8. The van der Waals surface area contributed by atoms with E-state index in [1.54, 1.807) is 0 Å². The van der Waals surface area contributed by atoms with Crippen LogP contribution in [-0.4, -0.2) is 69.3 Å².